The first-order valence-corrected chi connectivity index (χ1v) is 20.7. The number of carbonyl (C=O) groups is 2. The van der Waals surface area contributed by atoms with E-state index in [1.54, 1.807) is 21.3 Å². The van der Waals surface area contributed by atoms with E-state index in [2.05, 4.69) is 20.1 Å². The third-order valence-corrected chi connectivity index (χ3v) is 21.2. The topological polar surface area (TPSA) is 117 Å². The SMILES string of the molecule is C=CC(=O)OCCC[Si](OC)(OC)O[Si](OC)(SCC[Si](CCC)(OC)OCC)C(CCOC(=O)C=C)OC. The van der Waals surface area contributed by atoms with Gasteiger partial charge in [0.1, 0.15) is 5.73 Å². The summed E-state index contributed by atoms with van der Waals surface area (Å²) in [4.78, 5) is 23.1. The van der Waals surface area contributed by atoms with Crippen molar-refractivity contribution in [2.45, 2.75) is 57.0 Å². The van der Waals surface area contributed by atoms with E-state index >= 15 is 0 Å². The van der Waals surface area contributed by atoms with E-state index in [-0.39, 0.29) is 13.2 Å². The molecule has 0 aliphatic carbocycles. The number of rotatable bonds is 25. The lowest BCUT2D eigenvalue weighted by Crippen LogP contribution is -2.61. The van der Waals surface area contributed by atoms with Gasteiger partial charge < -0.3 is 40.5 Å². The first-order chi connectivity index (χ1) is 18.6. The van der Waals surface area contributed by atoms with Crippen molar-refractivity contribution in [2.24, 2.45) is 0 Å². The summed E-state index contributed by atoms with van der Waals surface area (Å²) in [5.41, 5.74) is -0.544. The largest absolute Gasteiger partial charge is 0.492 e. The lowest BCUT2D eigenvalue weighted by Gasteiger charge is -2.40. The van der Waals surface area contributed by atoms with Crippen molar-refractivity contribution >= 4 is 48.2 Å². The summed E-state index contributed by atoms with van der Waals surface area (Å²) in [5, 5.41) is 0. The molecular formula is C24H48O11SSi3. The van der Waals surface area contributed by atoms with Crippen molar-refractivity contribution in [1.29, 1.82) is 0 Å². The predicted octanol–water partition coefficient (Wildman–Crippen LogP) is 3.88. The van der Waals surface area contributed by atoms with Crippen LogP contribution in [-0.4, -0.2) is 104 Å². The van der Waals surface area contributed by atoms with Crippen LogP contribution in [0.2, 0.25) is 18.1 Å². The lowest BCUT2D eigenvalue weighted by atomic mass is 10.5. The van der Waals surface area contributed by atoms with E-state index in [0.717, 1.165) is 24.6 Å². The van der Waals surface area contributed by atoms with Crippen LogP contribution in [0.15, 0.2) is 25.3 Å². The van der Waals surface area contributed by atoms with Gasteiger partial charge in [0.25, 0.3) is 0 Å². The van der Waals surface area contributed by atoms with E-state index in [4.69, 9.17) is 40.5 Å². The second-order valence-corrected chi connectivity index (χ2v) is 20.8. The molecule has 0 heterocycles. The zero-order valence-electron chi connectivity index (χ0n) is 24.6. The van der Waals surface area contributed by atoms with Crippen molar-refractivity contribution in [3.8, 4) is 0 Å². The molecule has 0 fully saturated rings. The number of methoxy groups -OCH3 is 1. The van der Waals surface area contributed by atoms with Crippen molar-refractivity contribution in [1.82, 2.24) is 0 Å². The minimum atomic E-state index is -3.33. The summed E-state index contributed by atoms with van der Waals surface area (Å²) in [7, 11) is -1.18. The molecule has 11 nitrogen and oxygen atoms in total. The van der Waals surface area contributed by atoms with Crippen LogP contribution in [0.3, 0.4) is 0 Å². The van der Waals surface area contributed by atoms with Crippen LogP contribution >= 0.6 is 11.2 Å². The highest BCUT2D eigenvalue weighted by Gasteiger charge is 2.56. The normalized spacial score (nSPS) is 15.6. The van der Waals surface area contributed by atoms with Gasteiger partial charge in [0.2, 0.25) is 0 Å². The first kappa shape index (κ1) is 38.1. The predicted molar refractivity (Wildman–Crippen MR) is 158 cm³/mol. The van der Waals surface area contributed by atoms with Gasteiger partial charge in [0.15, 0.2) is 0 Å². The Bertz CT molecular complexity index is 721. The molecule has 39 heavy (non-hydrogen) atoms. The molecule has 0 rings (SSSR count). The summed E-state index contributed by atoms with van der Waals surface area (Å²) >= 11 is 1.53. The van der Waals surface area contributed by atoms with E-state index in [1.807, 2.05) is 6.92 Å². The number of ether oxygens (including phenoxy) is 3. The molecule has 0 aliphatic rings. The summed E-state index contributed by atoms with van der Waals surface area (Å²) in [5.74, 6) is -0.405. The first-order valence-electron chi connectivity index (χ1n) is 12.9. The molecule has 0 radical (unpaired) electrons. The van der Waals surface area contributed by atoms with Gasteiger partial charge in [-0.15, -0.1) is 11.2 Å². The summed E-state index contributed by atoms with van der Waals surface area (Å²) in [6.07, 6.45) is 3.94. The summed E-state index contributed by atoms with van der Waals surface area (Å²) in [6.45, 7) is 11.7. The fraction of sp³-hybridized carbons (Fsp3) is 0.750. The average molecular weight is 629 g/mol. The zero-order valence-corrected chi connectivity index (χ0v) is 28.4. The fourth-order valence-electron chi connectivity index (χ4n) is 3.87. The van der Waals surface area contributed by atoms with E-state index in [1.165, 1.54) is 25.4 Å². The molecule has 0 amide bonds. The average Bonchev–Trinajstić information content (AvgIpc) is 2.96. The van der Waals surface area contributed by atoms with Crippen molar-refractivity contribution in [3.05, 3.63) is 25.3 Å². The number of carbonyl (C=O) groups excluding carboxylic acids is 2. The number of esters is 2. The molecule has 228 valence electrons. The molecule has 0 saturated carbocycles. The minimum absolute atomic E-state index is 0.0863. The van der Waals surface area contributed by atoms with Gasteiger partial charge in [0.05, 0.1) is 13.2 Å². The maximum absolute atomic E-state index is 11.6. The van der Waals surface area contributed by atoms with Crippen molar-refractivity contribution in [2.75, 3.05) is 61.1 Å². The minimum Gasteiger partial charge on any atom is -0.463 e. The van der Waals surface area contributed by atoms with Gasteiger partial charge in [-0.25, -0.2) is 9.59 Å². The van der Waals surface area contributed by atoms with Gasteiger partial charge in [-0.1, -0.05) is 26.5 Å². The van der Waals surface area contributed by atoms with Crippen molar-refractivity contribution in [3.63, 3.8) is 0 Å². The second kappa shape index (κ2) is 20.9. The van der Waals surface area contributed by atoms with Gasteiger partial charge in [0, 0.05) is 66.8 Å². The van der Waals surface area contributed by atoms with E-state index < -0.39 is 42.7 Å². The van der Waals surface area contributed by atoms with Gasteiger partial charge in [-0.3, -0.25) is 0 Å². The standard InChI is InChI=1S/C24H48O11SSi3/c1-10-19-37(28-6,34-13-4)21-18-36-39(31-9,24(27-5)15-17-33-23(26)12-3)35-38(29-7,30-8)20-14-16-32-22(25)11-2/h11-12,24H,2-3,10,13-21H2,1,4-9H3. The molecule has 0 aromatic rings. The second-order valence-electron chi connectivity index (χ2n) is 8.26. The third-order valence-electron chi connectivity index (χ3n) is 5.91. The van der Waals surface area contributed by atoms with Crippen LogP contribution in [0.1, 0.15) is 33.1 Å². The monoisotopic (exact) mass is 628 g/mol. The smallest absolute Gasteiger partial charge is 0.463 e. The highest BCUT2D eigenvalue weighted by Crippen LogP contribution is 2.37. The van der Waals surface area contributed by atoms with Gasteiger partial charge >= 0.3 is 37.0 Å². The highest BCUT2D eigenvalue weighted by atomic mass is 32.4. The molecule has 3 atom stereocenters. The van der Waals surface area contributed by atoms with Crippen LogP contribution in [-0.2, 0) is 50.0 Å². The Balaban J connectivity index is 6.06. The van der Waals surface area contributed by atoms with Crippen LogP contribution in [0.25, 0.3) is 0 Å². The molecule has 0 N–H and O–H groups in total. The maximum Gasteiger partial charge on any atom is 0.492 e. The maximum atomic E-state index is 11.6. The zero-order chi connectivity index (χ0) is 29.8. The molecule has 0 aromatic carbocycles. The molecule has 0 saturated heterocycles. The van der Waals surface area contributed by atoms with Crippen molar-refractivity contribution < 1.29 is 50.0 Å². The molecule has 0 aliphatic heterocycles. The summed E-state index contributed by atoms with van der Waals surface area (Å²) < 4.78 is 53.0. The van der Waals surface area contributed by atoms with Crippen LogP contribution < -0.4 is 0 Å². The van der Waals surface area contributed by atoms with Crippen LogP contribution in [0, 0.1) is 0 Å². The Morgan fingerprint density at radius 1 is 0.846 bits per heavy atom. The Morgan fingerprint density at radius 3 is 1.92 bits per heavy atom. The summed E-state index contributed by atoms with van der Waals surface area (Å²) in [6, 6.07) is 1.95. The molecule has 0 bridgehead atoms. The van der Waals surface area contributed by atoms with Crippen LogP contribution in [0.4, 0.5) is 0 Å². The number of hydrogen-bond acceptors (Lipinski definition) is 12. The Labute approximate surface area is 241 Å². The molecule has 0 aromatic heterocycles. The molecule has 3 unspecified atom stereocenters. The van der Waals surface area contributed by atoms with Gasteiger partial charge in [-0.05, 0) is 31.2 Å². The number of hydrogen-bond donors (Lipinski definition) is 0. The Kier molecular flexibility index (Phi) is 20.5. The Morgan fingerprint density at radius 2 is 1.46 bits per heavy atom. The Hall–Kier alpha value is -0.859. The van der Waals surface area contributed by atoms with E-state index in [9.17, 15) is 9.59 Å². The molecule has 0 spiro atoms. The third kappa shape index (κ3) is 13.1. The van der Waals surface area contributed by atoms with Crippen LogP contribution in [0.5, 0.6) is 0 Å². The lowest BCUT2D eigenvalue weighted by molar-refractivity contribution is -0.138. The van der Waals surface area contributed by atoms with Gasteiger partial charge in [-0.2, -0.15) is 0 Å². The van der Waals surface area contributed by atoms with E-state index in [0.29, 0.717) is 37.3 Å². The molecule has 15 heteroatoms. The molecular weight excluding hydrogens is 581 g/mol. The fourth-order valence-corrected chi connectivity index (χ4v) is 19.5. The quantitative estimate of drug-likeness (QED) is 0.0632. The highest BCUT2D eigenvalue weighted by molar-refractivity contribution is 8.27.